The molecule has 8 nitrogen and oxygen atoms in total. The van der Waals surface area contributed by atoms with Crippen LogP contribution in [0, 0.1) is 11.8 Å². The van der Waals surface area contributed by atoms with Crippen molar-refractivity contribution in [2.75, 3.05) is 32.7 Å². The molecule has 2 heterocycles. The minimum Gasteiger partial charge on any atom is -0.370 e. The van der Waals surface area contributed by atoms with Crippen LogP contribution in [0.5, 0.6) is 0 Å². The van der Waals surface area contributed by atoms with Crippen molar-refractivity contribution in [3.63, 3.8) is 0 Å². The molecule has 2 amide bonds. The zero-order chi connectivity index (χ0) is 22.9. The number of benzene rings is 1. The van der Waals surface area contributed by atoms with Gasteiger partial charge >= 0.3 is 0 Å². The zero-order valence-corrected chi connectivity index (χ0v) is 22.0. The second kappa shape index (κ2) is 13.7. The number of nitrogens with one attached hydrogen (secondary N) is 1. The first-order valence-electron chi connectivity index (χ1n) is 11.9. The quantitative estimate of drug-likeness (QED) is 0.251. The number of nitrogens with two attached hydrogens (primary N) is 2. The number of hydrogen-bond acceptors (Lipinski definition) is 4. The molecule has 0 saturated carbocycles. The standard InChI is InChI=1S/C24H38N6O2.HI/c1-2-27-24(30-11-4-8-20(16-30)13-22(25)31)28-14-18-6-3-7-19(12-18)15-29-10-5-9-21(17-29)23(26)32;/h3,6-7,12,20-21H,2,4-5,8-11,13-17H2,1H3,(H2,25,31)(H2,26,32)(H,27,28);1H. The number of likely N-dealkylation sites (tertiary alicyclic amines) is 2. The summed E-state index contributed by atoms with van der Waals surface area (Å²) in [5, 5.41) is 3.40. The van der Waals surface area contributed by atoms with Crippen LogP contribution in [-0.2, 0) is 22.7 Å². The highest BCUT2D eigenvalue weighted by Crippen LogP contribution is 2.21. The number of aliphatic imine (C=N–C) groups is 1. The lowest BCUT2D eigenvalue weighted by Gasteiger charge is -2.34. The lowest BCUT2D eigenvalue weighted by Crippen LogP contribution is -2.47. The molecule has 1 aromatic carbocycles. The molecule has 0 aliphatic carbocycles. The maximum Gasteiger partial charge on any atom is 0.221 e. The molecule has 2 atom stereocenters. The molecule has 0 aromatic heterocycles. The molecule has 5 N–H and O–H groups in total. The van der Waals surface area contributed by atoms with E-state index < -0.39 is 0 Å². The number of carbonyl (C=O) groups is 2. The van der Waals surface area contributed by atoms with Gasteiger partial charge in [-0.25, -0.2) is 4.99 Å². The molecule has 9 heteroatoms. The zero-order valence-electron chi connectivity index (χ0n) is 19.7. The lowest BCUT2D eigenvalue weighted by molar-refractivity contribution is -0.123. The van der Waals surface area contributed by atoms with E-state index in [2.05, 4.69) is 46.3 Å². The van der Waals surface area contributed by atoms with Crippen LogP contribution in [0.3, 0.4) is 0 Å². The Morgan fingerprint density at radius 3 is 2.61 bits per heavy atom. The number of piperidine rings is 2. The van der Waals surface area contributed by atoms with Crippen LogP contribution < -0.4 is 16.8 Å². The molecule has 1 aromatic rings. The third-order valence-electron chi connectivity index (χ3n) is 6.36. The molecule has 33 heavy (non-hydrogen) atoms. The first-order chi connectivity index (χ1) is 15.4. The summed E-state index contributed by atoms with van der Waals surface area (Å²) in [5.74, 6) is 0.729. The average molecular weight is 571 g/mol. The molecule has 0 bridgehead atoms. The molecule has 2 unspecified atom stereocenters. The van der Waals surface area contributed by atoms with Gasteiger partial charge in [0, 0.05) is 39.1 Å². The second-order valence-electron chi connectivity index (χ2n) is 9.09. The lowest BCUT2D eigenvalue weighted by atomic mass is 9.95. The Kier molecular flexibility index (Phi) is 11.4. The molecule has 0 spiro atoms. The van der Waals surface area contributed by atoms with Crippen LogP contribution in [0.1, 0.15) is 50.2 Å². The molecular weight excluding hydrogens is 531 g/mol. The molecule has 2 aliphatic heterocycles. The SMILES string of the molecule is CCNC(=NCc1cccc(CN2CCCC(C(N)=O)C2)c1)N1CCCC(CC(N)=O)C1.I. The van der Waals surface area contributed by atoms with Gasteiger partial charge < -0.3 is 21.7 Å². The third-order valence-corrected chi connectivity index (χ3v) is 6.36. The summed E-state index contributed by atoms with van der Waals surface area (Å²) in [5.41, 5.74) is 13.3. The van der Waals surface area contributed by atoms with E-state index in [4.69, 9.17) is 16.5 Å². The van der Waals surface area contributed by atoms with Gasteiger partial charge in [0.2, 0.25) is 11.8 Å². The van der Waals surface area contributed by atoms with E-state index in [1.807, 2.05) is 0 Å². The highest BCUT2D eigenvalue weighted by molar-refractivity contribution is 14.0. The fourth-order valence-corrected chi connectivity index (χ4v) is 4.82. The van der Waals surface area contributed by atoms with Gasteiger partial charge in [0.15, 0.2) is 5.96 Å². The predicted molar refractivity (Wildman–Crippen MR) is 142 cm³/mol. The number of amides is 2. The van der Waals surface area contributed by atoms with Crippen molar-refractivity contribution in [2.24, 2.45) is 28.3 Å². The number of halogens is 1. The van der Waals surface area contributed by atoms with Crippen LogP contribution in [0.15, 0.2) is 29.3 Å². The number of hydrogen-bond donors (Lipinski definition) is 3. The molecule has 184 valence electrons. The Balaban J connectivity index is 0.00000385. The fraction of sp³-hybridized carbons (Fsp3) is 0.625. The first kappa shape index (κ1) is 27.4. The van der Waals surface area contributed by atoms with E-state index in [1.165, 1.54) is 5.56 Å². The Bertz CT molecular complexity index is 818. The van der Waals surface area contributed by atoms with E-state index in [9.17, 15) is 9.59 Å². The van der Waals surface area contributed by atoms with Gasteiger partial charge in [-0.05, 0) is 56.2 Å². The van der Waals surface area contributed by atoms with Crippen LogP contribution in [0.2, 0.25) is 0 Å². The topological polar surface area (TPSA) is 117 Å². The normalized spacial score (nSPS) is 21.8. The summed E-state index contributed by atoms with van der Waals surface area (Å²) in [6, 6.07) is 8.51. The van der Waals surface area contributed by atoms with Gasteiger partial charge in [0.25, 0.3) is 0 Å². The number of carbonyl (C=O) groups excluding carboxylic acids is 2. The van der Waals surface area contributed by atoms with Crippen molar-refractivity contribution in [1.82, 2.24) is 15.1 Å². The summed E-state index contributed by atoms with van der Waals surface area (Å²) in [6.45, 7) is 7.77. The first-order valence-corrected chi connectivity index (χ1v) is 11.9. The fourth-order valence-electron chi connectivity index (χ4n) is 4.82. The summed E-state index contributed by atoms with van der Waals surface area (Å²) in [7, 11) is 0. The van der Waals surface area contributed by atoms with Gasteiger partial charge in [0.05, 0.1) is 12.5 Å². The van der Waals surface area contributed by atoms with E-state index in [0.29, 0.717) is 18.9 Å². The largest absolute Gasteiger partial charge is 0.370 e. The van der Waals surface area contributed by atoms with Crippen molar-refractivity contribution in [3.05, 3.63) is 35.4 Å². The number of rotatable bonds is 8. The molecular formula is C24H39IN6O2. The van der Waals surface area contributed by atoms with Crippen molar-refractivity contribution in [2.45, 2.75) is 52.1 Å². The number of guanidine groups is 1. The number of nitrogens with zero attached hydrogens (tertiary/aromatic N) is 3. The Morgan fingerprint density at radius 2 is 1.88 bits per heavy atom. The minimum absolute atomic E-state index is 0. The third kappa shape index (κ3) is 8.77. The molecule has 2 fully saturated rings. The van der Waals surface area contributed by atoms with Crippen LogP contribution in [-0.4, -0.2) is 60.3 Å². The summed E-state index contributed by atoms with van der Waals surface area (Å²) in [4.78, 5) is 32.4. The monoisotopic (exact) mass is 570 g/mol. The Labute approximate surface area is 214 Å². The molecule has 2 aliphatic rings. The van der Waals surface area contributed by atoms with Crippen molar-refractivity contribution >= 4 is 41.8 Å². The van der Waals surface area contributed by atoms with Gasteiger partial charge in [-0.1, -0.05) is 24.3 Å². The number of primary amides is 2. The maximum atomic E-state index is 11.6. The summed E-state index contributed by atoms with van der Waals surface area (Å²) in [6.07, 6.45) is 4.42. The van der Waals surface area contributed by atoms with E-state index in [-0.39, 0.29) is 41.7 Å². The summed E-state index contributed by atoms with van der Waals surface area (Å²) < 4.78 is 0. The van der Waals surface area contributed by atoms with E-state index >= 15 is 0 Å². The van der Waals surface area contributed by atoms with Crippen molar-refractivity contribution < 1.29 is 9.59 Å². The maximum absolute atomic E-state index is 11.6. The van der Waals surface area contributed by atoms with Crippen LogP contribution in [0.25, 0.3) is 0 Å². The second-order valence-corrected chi connectivity index (χ2v) is 9.09. The molecule has 2 saturated heterocycles. The Morgan fingerprint density at radius 1 is 1.12 bits per heavy atom. The van der Waals surface area contributed by atoms with Gasteiger partial charge in [-0.15, -0.1) is 24.0 Å². The van der Waals surface area contributed by atoms with E-state index in [1.54, 1.807) is 0 Å². The minimum atomic E-state index is -0.230. The average Bonchev–Trinajstić information content (AvgIpc) is 2.77. The van der Waals surface area contributed by atoms with E-state index in [0.717, 1.165) is 76.5 Å². The van der Waals surface area contributed by atoms with Crippen LogP contribution in [0.4, 0.5) is 0 Å². The smallest absolute Gasteiger partial charge is 0.221 e. The highest BCUT2D eigenvalue weighted by atomic mass is 127. The highest BCUT2D eigenvalue weighted by Gasteiger charge is 2.25. The van der Waals surface area contributed by atoms with Crippen LogP contribution >= 0.6 is 24.0 Å². The predicted octanol–water partition coefficient (Wildman–Crippen LogP) is 2.05. The Hall–Kier alpha value is -1.88. The molecule has 3 rings (SSSR count). The summed E-state index contributed by atoms with van der Waals surface area (Å²) >= 11 is 0. The van der Waals surface area contributed by atoms with Gasteiger partial charge in [0.1, 0.15) is 0 Å². The molecule has 0 radical (unpaired) electrons. The van der Waals surface area contributed by atoms with Gasteiger partial charge in [-0.2, -0.15) is 0 Å². The van der Waals surface area contributed by atoms with Gasteiger partial charge in [-0.3, -0.25) is 14.5 Å². The van der Waals surface area contributed by atoms with Crippen molar-refractivity contribution in [3.8, 4) is 0 Å². The van der Waals surface area contributed by atoms with Crippen molar-refractivity contribution in [1.29, 1.82) is 0 Å².